The second kappa shape index (κ2) is 31.8. The van der Waals surface area contributed by atoms with Crippen molar-refractivity contribution < 1.29 is 67.0 Å². The Morgan fingerprint density at radius 1 is 0.761 bits per heavy atom. The number of hydrogen-bond acceptors (Lipinski definition) is 18. The van der Waals surface area contributed by atoms with Gasteiger partial charge in [-0.15, -0.1) is 16.4 Å². The number of nitrogens with zero attached hydrogens (tertiary/aromatic N) is 6. The number of likely N-dealkylation sites (tertiary alicyclic amines) is 2. The molecule has 3 fully saturated rings. The molecule has 2 aromatic heterocycles. The summed E-state index contributed by atoms with van der Waals surface area (Å²) >= 11 is 1.56. The fraction of sp³-hybridized carbons (Fsp3) is 0.507. The van der Waals surface area contributed by atoms with Crippen LogP contribution >= 0.6 is 11.3 Å². The fourth-order valence-corrected chi connectivity index (χ4v) is 13.4. The van der Waals surface area contributed by atoms with Crippen LogP contribution in [0.5, 0.6) is 34.5 Å². The molecule has 4 amide bonds. The van der Waals surface area contributed by atoms with Crippen LogP contribution in [-0.2, 0) is 59.6 Å². The maximum Gasteiger partial charge on any atom is 0.329 e. The third-order valence-corrected chi connectivity index (χ3v) is 18.5. The number of benzene rings is 4. The molecule has 1 saturated carbocycles. The van der Waals surface area contributed by atoms with E-state index in [1.807, 2.05) is 112 Å². The fourth-order valence-electron chi connectivity index (χ4n) is 12.6. The van der Waals surface area contributed by atoms with Gasteiger partial charge in [0.25, 0.3) is 0 Å². The van der Waals surface area contributed by atoms with Crippen LogP contribution in [0, 0.1) is 18.3 Å². The van der Waals surface area contributed by atoms with E-state index in [1.54, 1.807) is 62.7 Å². The quantitative estimate of drug-likeness (QED) is 0.0306. The molecule has 4 heterocycles. The number of nitrogens with one attached hydrogen (secondary N) is 2. The molecule has 22 nitrogen and oxygen atoms in total. The van der Waals surface area contributed by atoms with Gasteiger partial charge in [-0.2, -0.15) is 0 Å². The van der Waals surface area contributed by atoms with Crippen molar-refractivity contribution in [1.29, 1.82) is 0 Å². The van der Waals surface area contributed by atoms with E-state index in [2.05, 4.69) is 25.9 Å². The minimum absolute atomic E-state index is 0.0466. The van der Waals surface area contributed by atoms with E-state index in [-0.39, 0.29) is 57.7 Å². The first kappa shape index (κ1) is 68.1. The molecule has 0 unspecified atom stereocenters. The Labute approximate surface area is 542 Å². The number of esters is 1. The zero-order valence-corrected chi connectivity index (χ0v) is 55.1. The summed E-state index contributed by atoms with van der Waals surface area (Å²) in [4.78, 5) is 79.5. The van der Waals surface area contributed by atoms with Gasteiger partial charge in [0.05, 0.1) is 83.0 Å². The Balaban J connectivity index is 0.768. The van der Waals surface area contributed by atoms with E-state index in [0.717, 1.165) is 83.3 Å². The number of aryl methyl sites for hydroxylation is 2. The maximum atomic E-state index is 15.2. The number of aliphatic hydroxyl groups is 1. The van der Waals surface area contributed by atoms with Crippen LogP contribution in [0.2, 0.25) is 0 Å². The lowest BCUT2D eigenvalue weighted by Gasteiger charge is -2.40. The molecule has 0 spiro atoms. The van der Waals surface area contributed by atoms with Crippen LogP contribution in [0.1, 0.15) is 131 Å². The van der Waals surface area contributed by atoms with Crippen molar-refractivity contribution in [2.75, 3.05) is 61.9 Å². The van der Waals surface area contributed by atoms with Gasteiger partial charge in [0.1, 0.15) is 48.9 Å². The van der Waals surface area contributed by atoms with Crippen molar-refractivity contribution in [3.8, 4) is 44.9 Å². The van der Waals surface area contributed by atoms with Gasteiger partial charge < -0.3 is 63.4 Å². The van der Waals surface area contributed by atoms with E-state index in [4.69, 9.17) is 37.9 Å². The van der Waals surface area contributed by atoms with E-state index >= 15 is 4.79 Å². The van der Waals surface area contributed by atoms with Gasteiger partial charge in [0.15, 0.2) is 23.0 Å². The number of carbonyl (C=O) groups excluding carboxylic acids is 5. The Hall–Kier alpha value is -8.28. The summed E-state index contributed by atoms with van der Waals surface area (Å²) in [5.41, 5.74) is 6.89. The number of piperidine rings is 1. The topological polar surface area (TPSA) is 254 Å². The summed E-state index contributed by atoms with van der Waals surface area (Å²) in [5, 5.41) is 24.9. The highest BCUT2D eigenvalue weighted by Crippen LogP contribution is 2.46. The molecule has 2 aliphatic heterocycles. The van der Waals surface area contributed by atoms with Crippen LogP contribution < -0.4 is 39.1 Å². The molecule has 9 rings (SSSR count). The molecular weight excluding hydrogens is 1200 g/mol. The SMILES string of the molecule is COc1cccc([C@H](CCc2ccc(OCc3cn(CCOCC(=O)N[C@H](C(=O)N4C[C@H](O)C[C@H]4C(=O)NCc4ccc(-c5scnc5C)cc4)C(C)(C)C)nn3)c(OC)c2)OC(=O)[C@H]2CCCCN2C(=O)[C@H](c2cc(OC)c(OC)c(OC)c2)C2CCCCC2)c1. The van der Waals surface area contributed by atoms with Crippen LogP contribution in [-0.4, -0.2) is 151 Å². The molecule has 2 saturated heterocycles. The molecule has 494 valence electrons. The van der Waals surface area contributed by atoms with E-state index in [0.29, 0.717) is 66.0 Å². The van der Waals surface area contributed by atoms with Crippen molar-refractivity contribution in [1.82, 2.24) is 40.4 Å². The number of rotatable bonds is 28. The van der Waals surface area contributed by atoms with Gasteiger partial charge in [0, 0.05) is 26.1 Å². The third-order valence-electron chi connectivity index (χ3n) is 17.5. The van der Waals surface area contributed by atoms with Crippen molar-refractivity contribution in [2.45, 2.75) is 154 Å². The lowest BCUT2D eigenvalue weighted by Crippen LogP contribution is -2.58. The lowest BCUT2D eigenvalue weighted by atomic mass is 9.75. The summed E-state index contributed by atoms with van der Waals surface area (Å²) in [7, 11) is 7.84. The Bertz CT molecular complexity index is 3450. The second-order valence-corrected chi connectivity index (χ2v) is 25.7. The van der Waals surface area contributed by atoms with Crippen LogP contribution in [0.3, 0.4) is 0 Å². The summed E-state index contributed by atoms with van der Waals surface area (Å²) in [6, 6.07) is 22.0. The zero-order chi connectivity index (χ0) is 65.5. The van der Waals surface area contributed by atoms with E-state index in [1.165, 1.54) is 4.90 Å². The van der Waals surface area contributed by atoms with Crippen LogP contribution in [0.25, 0.3) is 10.4 Å². The minimum Gasteiger partial charge on any atom is -0.497 e. The van der Waals surface area contributed by atoms with Crippen molar-refractivity contribution in [3.63, 3.8) is 0 Å². The normalized spacial score (nSPS) is 17.9. The number of aliphatic hydroxyl groups excluding tert-OH is 1. The summed E-state index contributed by atoms with van der Waals surface area (Å²) < 4.78 is 48.6. The maximum absolute atomic E-state index is 15.2. The van der Waals surface area contributed by atoms with Crippen LogP contribution in [0.4, 0.5) is 0 Å². The molecule has 6 aromatic rings. The van der Waals surface area contributed by atoms with Gasteiger partial charge in [-0.3, -0.25) is 19.2 Å². The second-order valence-electron chi connectivity index (χ2n) is 24.9. The monoisotopic (exact) mass is 1280 g/mol. The molecule has 1 aliphatic carbocycles. The molecule has 0 radical (unpaired) electrons. The minimum atomic E-state index is -1.02. The molecule has 3 N–H and O–H groups in total. The highest BCUT2D eigenvalue weighted by molar-refractivity contribution is 7.13. The number of β-amino-alcohol motifs (C(OH)–C–C–N with tert-alkyl or cyclic N) is 1. The van der Waals surface area contributed by atoms with Crippen molar-refractivity contribution in [3.05, 3.63) is 124 Å². The number of ether oxygens (including phenoxy) is 8. The van der Waals surface area contributed by atoms with E-state index < -0.39 is 65.4 Å². The average molecular weight is 1290 g/mol. The summed E-state index contributed by atoms with van der Waals surface area (Å²) in [6.07, 6.45) is 8.04. The third kappa shape index (κ3) is 17.0. The highest BCUT2D eigenvalue weighted by Gasteiger charge is 2.45. The number of aromatic nitrogens is 4. The molecule has 6 atom stereocenters. The number of carbonyl (C=O) groups is 5. The molecule has 4 aromatic carbocycles. The zero-order valence-electron chi connectivity index (χ0n) is 54.3. The molecule has 3 aliphatic rings. The first-order chi connectivity index (χ1) is 44.4. The number of thiazole rings is 1. The van der Waals surface area contributed by atoms with E-state index in [9.17, 15) is 24.3 Å². The van der Waals surface area contributed by atoms with Crippen molar-refractivity contribution >= 4 is 40.9 Å². The molecule has 0 bridgehead atoms. The first-order valence-electron chi connectivity index (χ1n) is 31.7. The molecule has 92 heavy (non-hydrogen) atoms. The number of hydrogen-bond donors (Lipinski definition) is 3. The Morgan fingerprint density at radius 2 is 1.49 bits per heavy atom. The van der Waals surface area contributed by atoms with Gasteiger partial charge in [0.2, 0.25) is 29.4 Å². The standard InChI is InChI=1S/C69H88N8O14S/c1-43-63(92-42-71-43)47-25-21-45(22-26-47)37-70-65(80)54-36-51(78)39-77(54)67(82)64(69(2,3)4)72-60(79)41-89-31-30-75-38-50(73-74-75)40-90-56-28-24-44(32-57(56)85-6)23-27-55(48-18-15-19-52(33-48)84-5)91-68(83)53-20-13-14-29-76(53)66(81)61(46-16-11-10-12-17-46)49-34-58(86-7)62(88-9)59(35-49)87-8/h15,18-19,21-22,24-26,28,32-35,38,42,46,51,53-55,61,64,78H,10-14,16-17,20,23,27,29-31,36-37,39-41H2,1-9H3,(H,70,80)(H,72,79)/t51-,53-,54+,55+,61+,64-/m1/s1. The predicted octanol–water partition coefficient (Wildman–Crippen LogP) is 9.12. The molecular formula is C69H88N8O14S. The van der Waals surface area contributed by atoms with Gasteiger partial charge in [-0.1, -0.05) is 87.7 Å². The van der Waals surface area contributed by atoms with Crippen molar-refractivity contribution in [2.24, 2.45) is 11.3 Å². The van der Waals surface area contributed by atoms with Crippen LogP contribution in [0.15, 0.2) is 90.6 Å². The Kier molecular flexibility index (Phi) is 23.6. The largest absolute Gasteiger partial charge is 0.497 e. The highest BCUT2D eigenvalue weighted by atomic mass is 32.1. The smallest absolute Gasteiger partial charge is 0.329 e. The van der Waals surface area contributed by atoms with Gasteiger partial charge >= 0.3 is 5.97 Å². The average Bonchev–Trinajstić information content (AvgIpc) is 0.866. The summed E-state index contributed by atoms with van der Waals surface area (Å²) in [5.74, 6) is 0.566. The Morgan fingerprint density at radius 3 is 2.17 bits per heavy atom. The number of amides is 4. The summed E-state index contributed by atoms with van der Waals surface area (Å²) in [6.45, 7) is 8.13. The van der Waals surface area contributed by atoms with Gasteiger partial charge in [-0.25, -0.2) is 14.5 Å². The molecule has 23 heteroatoms. The first-order valence-corrected chi connectivity index (χ1v) is 32.5. The lowest BCUT2D eigenvalue weighted by molar-refractivity contribution is -0.163. The van der Waals surface area contributed by atoms with Gasteiger partial charge in [-0.05, 0) is 127 Å². The number of methoxy groups -OCH3 is 5. The predicted molar refractivity (Wildman–Crippen MR) is 345 cm³/mol.